The standard InChI is InChI=1S/C30H37ClFN5O5/c1-18(2)13-21-22(32)16-33-23-15-20(34-28(21)23)17-37-26(31)12-11-19(29(37)40)14-24(38)25(42-30(41)36(5)6)9-7-8-10-27(39)35(3)4/h8,10-12,15-16,18,25,34H,7,9,13-14,17H2,1-6H3/b10-8+/t25-/m0/s1. The zero-order valence-electron chi connectivity index (χ0n) is 24.7. The number of amides is 2. The summed E-state index contributed by atoms with van der Waals surface area (Å²) in [6.45, 7) is 4.04. The average Bonchev–Trinajstić information content (AvgIpc) is 3.34. The molecule has 0 aliphatic heterocycles. The van der Waals surface area contributed by atoms with E-state index in [-0.39, 0.29) is 41.9 Å². The molecule has 10 nitrogen and oxygen atoms in total. The van der Waals surface area contributed by atoms with Crippen LogP contribution in [0.25, 0.3) is 11.0 Å². The lowest BCUT2D eigenvalue weighted by Crippen LogP contribution is -2.35. The van der Waals surface area contributed by atoms with Gasteiger partial charge in [0, 0.05) is 51.4 Å². The Morgan fingerprint density at radius 3 is 2.52 bits per heavy atom. The number of aromatic nitrogens is 3. The van der Waals surface area contributed by atoms with E-state index in [1.54, 1.807) is 26.2 Å². The number of ether oxygens (including phenoxy) is 1. The highest BCUT2D eigenvalue weighted by Gasteiger charge is 2.25. The highest BCUT2D eigenvalue weighted by Crippen LogP contribution is 2.24. The van der Waals surface area contributed by atoms with Crippen LogP contribution in [0, 0.1) is 11.7 Å². The predicted octanol–water partition coefficient (Wildman–Crippen LogP) is 4.37. The van der Waals surface area contributed by atoms with Crippen LogP contribution in [0.1, 0.15) is 43.5 Å². The summed E-state index contributed by atoms with van der Waals surface area (Å²) in [6.07, 6.45) is 3.02. The predicted molar refractivity (Wildman–Crippen MR) is 159 cm³/mol. The van der Waals surface area contributed by atoms with Crippen molar-refractivity contribution >= 4 is 40.4 Å². The van der Waals surface area contributed by atoms with Gasteiger partial charge in [-0.05, 0) is 43.4 Å². The number of nitrogens with one attached hydrogen (secondary N) is 1. The van der Waals surface area contributed by atoms with Gasteiger partial charge in [-0.15, -0.1) is 0 Å². The lowest BCUT2D eigenvalue weighted by atomic mass is 10.0. The van der Waals surface area contributed by atoms with Crippen LogP contribution in [0.4, 0.5) is 9.18 Å². The largest absolute Gasteiger partial charge is 0.438 e. The Kier molecular flexibility index (Phi) is 11.0. The van der Waals surface area contributed by atoms with Gasteiger partial charge in [0.25, 0.3) is 5.56 Å². The van der Waals surface area contributed by atoms with Gasteiger partial charge in [0.2, 0.25) is 5.91 Å². The van der Waals surface area contributed by atoms with Crippen molar-refractivity contribution in [3.05, 3.63) is 74.7 Å². The highest BCUT2D eigenvalue weighted by atomic mass is 35.5. The Morgan fingerprint density at radius 2 is 1.88 bits per heavy atom. The van der Waals surface area contributed by atoms with Gasteiger partial charge in [-0.1, -0.05) is 37.6 Å². The number of pyridine rings is 2. The fourth-order valence-electron chi connectivity index (χ4n) is 4.29. The first-order valence-corrected chi connectivity index (χ1v) is 14.0. The molecule has 3 rings (SSSR count). The van der Waals surface area contributed by atoms with E-state index in [0.717, 1.165) is 0 Å². The van der Waals surface area contributed by atoms with Gasteiger partial charge in [-0.25, -0.2) is 9.18 Å². The monoisotopic (exact) mass is 601 g/mol. The lowest BCUT2D eigenvalue weighted by molar-refractivity contribution is -0.127. The van der Waals surface area contributed by atoms with E-state index in [1.165, 1.54) is 52.9 Å². The SMILES string of the molecule is CC(C)Cc1c(F)cnc2cc(Cn3c(Cl)ccc(CC(=O)[C@H](CC/C=C/C(=O)N(C)C)OC(=O)N(C)C)c3=O)[nH]c12. The Morgan fingerprint density at radius 1 is 1.17 bits per heavy atom. The minimum Gasteiger partial charge on any atom is -0.438 e. The van der Waals surface area contributed by atoms with E-state index in [9.17, 15) is 23.6 Å². The molecule has 0 aromatic carbocycles. The maximum atomic E-state index is 14.5. The summed E-state index contributed by atoms with van der Waals surface area (Å²) < 4.78 is 21.2. The van der Waals surface area contributed by atoms with Crippen molar-refractivity contribution < 1.29 is 23.5 Å². The van der Waals surface area contributed by atoms with Gasteiger partial charge in [0.05, 0.1) is 23.8 Å². The molecule has 3 aromatic rings. The van der Waals surface area contributed by atoms with Crippen molar-refractivity contribution in [1.82, 2.24) is 24.3 Å². The van der Waals surface area contributed by atoms with Crippen LogP contribution in [0.3, 0.4) is 0 Å². The number of likely N-dealkylation sites (N-methyl/N-ethyl adjacent to an activating group) is 1. The first-order valence-electron chi connectivity index (χ1n) is 13.6. The fourth-order valence-corrected chi connectivity index (χ4v) is 4.49. The zero-order chi connectivity index (χ0) is 31.1. The molecule has 0 fully saturated rings. The van der Waals surface area contributed by atoms with Crippen molar-refractivity contribution in [3.63, 3.8) is 0 Å². The van der Waals surface area contributed by atoms with Crippen molar-refractivity contribution in [2.45, 2.75) is 52.2 Å². The number of fused-ring (bicyclic) bond motifs is 1. The molecule has 0 aliphatic rings. The van der Waals surface area contributed by atoms with Crippen LogP contribution in [0.15, 0.2) is 41.3 Å². The van der Waals surface area contributed by atoms with Crippen LogP contribution in [0.2, 0.25) is 5.15 Å². The Labute approximate surface area is 249 Å². The van der Waals surface area contributed by atoms with E-state index in [1.807, 2.05) is 13.8 Å². The van der Waals surface area contributed by atoms with Crippen LogP contribution in [-0.2, 0) is 33.7 Å². The topological polar surface area (TPSA) is 118 Å². The van der Waals surface area contributed by atoms with E-state index in [2.05, 4.69) is 9.97 Å². The molecule has 3 heterocycles. The molecule has 2 amide bonds. The number of nitrogens with zero attached hydrogens (tertiary/aromatic N) is 4. The number of halogens is 2. The number of H-pyrrole nitrogens is 1. The molecule has 0 saturated carbocycles. The van der Waals surface area contributed by atoms with Gasteiger partial charge in [-0.2, -0.15) is 0 Å². The molecule has 0 aliphatic carbocycles. The van der Waals surface area contributed by atoms with E-state index in [4.69, 9.17) is 16.3 Å². The molecule has 1 atom stereocenters. The minimum absolute atomic E-state index is 0.0442. The van der Waals surface area contributed by atoms with E-state index in [0.29, 0.717) is 35.1 Å². The molecule has 226 valence electrons. The smallest absolute Gasteiger partial charge is 0.409 e. The summed E-state index contributed by atoms with van der Waals surface area (Å²) in [5.41, 5.74) is 1.96. The zero-order valence-corrected chi connectivity index (χ0v) is 25.5. The summed E-state index contributed by atoms with van der Waals surface area (Å²) in [5.74, 6) is -0.853. The number of aromatic amines is 1. The van der Waals surface area contributed by atoms with E-state index < -0.39 is 29.4 Å². The number of Topliss-reactive ketones (excluding diaryl/α,β-unsaturated/α-hetero) is 1. The molecule has 0 radical (unpaired) electrons. The minimum atomic E-state index is -1.13. The molecular formula is C30H37ClFN5O5. The van der Waals surface area contributed by atoms with E-state index >= 15 is 0 Å². The second kappa shape index (κ2) is 14.3. The second-order valence-electron chi connectivity index (χ2n) is 10.9. The molecule has 42 heavy (non-hydrogen) atoms. The van der Waals surface area contributed by atoms with Gasteiger partial charge in [0.15, 0.2) is 11.9 Å². The number of carbonyl (C=O) groups excluding carboxylic acids is 3. The van der Waals surface area contributed by atoms with Crippen LogP contribution in [0.5, 0.6) is 0 Å². The van der Waals surface area contributed by atoms with Crippen molar-refractivity contribution in [3.8, 4) is 0 Å². The number of hydrogen-bond acceptors (Lipinski definition) is 6. The van der Waals surface area contributed by atoms with Crippen LogP contribution < -0.4 is 5.56 Å². The average molecular weight is 602 g/mol. The fraction of sp³-hybridized carbons (Fsp3) is 0.433. The van der Waals surface area contributed by atoms with Gasteiger partial charge >= 0.3 is 6.09 Å². The highest BCUT2D eigenvalue weighted by molar-refractivity contribution is 6.29. The Balaban J connectivity index is 1.84. The van der Waals surface area contributed by atoms with Crippen LogP contribution >= 0.6 is 11.6 Å². The first-order chi connectivity index (χ1) is 19.8. The quantitative estimate of drug-likeness (QED) is 0.243. The molecular weight excluding hydrogens is 565 g/mol. The van der Waals surface area contributed by atoms with Crippen molar-refractivity contribution in [1.29, 1.82) is 0 Å². The molecule has 3 aromatic heterocycles. The number of rotatable bonds is 12. The maximum Gasteiger partial charge on any atom is 0.409 e. The molecule has 0 unspecified atom stereocenters. The normalized spacial score (nSPS) is 12.2. The second-order valence-corrected chi connectivity index (χ2v) is 11.3. The van der Waals surface area contributed by atoms with Crippen molar-refractivity contribution in [2.75, 3.05) is 28.2 Å². The summed E-state index contributed by atoms with van der Waals surface area (Å²) >= 11 is 6.39. The Hall–Kier alpha value is -3.99. The lowest BCUT2D eigenvalue weighted by Gasteiger charge is -2.19. The third-order valence-electron chi connectivity index (χ3n) is 6.53. The number of ketones is 1. The Bertz CT molecular complexity index is 1540. The number of hydrogen-bond donors (Lipinski definition) is 1. The third-order valence-corrected chi connectivity index (χ3v) is 6.86. The first kappa shape index (κ1) is 32.5. The summed E-state index contributed by atoms with van der Waals surface area (Å²) in [6, 6.07) is 4.74. The summed E-state index contributed by atoms with van der Waals surface area (Å²) in [7, 11) is 6.24. The van der Waals surface area contributed by atoms with Gasteiger partial charge < -0.3 is 19.5 Å². The van der Waals surface area contributed by atoms with Crippen molar-refractivity contribution in [2.24, 2.45) is 5.92 Å². The summed E-state index contributed by atoms with van der Waals surface area (Å²) in [4.78, 5) is 60.7. The third kappa shape index (κ3) is 8.28. The number of allylic oxidation sites excluding steroid dienone is 1. The maximum absolute atomic E-state index is 14.5. The van der Waals surface area contributed by atoms with Crippen LogP contribution in [-0.4, -0.2) is 76.4 Å². The number of carbonyl (C=O) groups is 3. The molecule has 0 spiro atoms. The molecule has 12 heteroatoms. The van der Waals surface area contributed by atoms with Gasteiger partial charge in [-0.3, -0.25) is 23.9 Å². The molecule has 0 bridgehead atoms. The molecule has 1 N–H and O–H groups in total. The molecule has 0 saturated heterocycles. The summed E-state index contributed by atoms with van der Waals surface area (Å²) in [5, 5.41) is 0.155. The van der Waals surface area contributed by atoms with Gasteiger partial charge in [0.1, 0.15) is 11.0 Å².